The molecule has 0 aliphatic heterocycles. The first-order chi connectivity index (χ1) is 9.36. The van der Waals surface area contributed by atoms with E-state index in [1.165, 1.54) is 24.8 Å². The molecule has 1 heteroatoms. The first-order valence-corrected chi connectivity index (χ1v) is 7.38. The molecule has 0 radical (unpaired) electrons. The van der Waals surface area contributed by atoms with Crippen LogP contribution in [0.5, 0.6) is 5.75 Å². The quantitative estimate of drug-likeness (QED) is 0.545. The van der Waals surface area contributed by atoms with Crippen LogP contribution in [0.1, 0.15) is 45.1 Å². The fourth-order valence-electron chi connectivity index (χ4n) is 1.72. The fraction of sp³-hybridized carbons (Fsp3) is 0.444. The Bertz CT molecular complexity index is 373. The monoisotopic (exact) mass is 258 g/mol. The van der Waals surface area contributed by atoms with Crippen molar-refractivity contribution in [2.75, 3.05) is 6.61 Å². The molecule has 0 aliphatic carbocycles. The molecule has 0 amide bonds. The van der Waals surface area contributed by atoms with Gasteiger partial charge in [-0.05, 0) is 37.0 Å². The maximum absolute atomic E-state index is 5.65. The smallest absolute Gasteiger partial charge is 0.119 e. The molecule has 19 heavy (non-hydrogen) atoms. The molecule has 1 nitrogen and oxygen atoms in total. The van der Waals surface area contributed by atoms with E-state index in [0.717, 1.165) is 18.6 Å². The van der Waals surface area contributed by atoms with E-state index in [4.69, 9.17) is 4.74 Å². The molecule has 0 N–H and O–H groups in total. The van der Waals surface area contributed by atoms with Crippen LogP contribution in [0, 0.1) is 0 Å². The summed E-state index contributed by atoms with van der Waals surface area (Å²) in [4.78, 5) is 0. The van der Waals surface area contributed by atoms with E-state index in [1.807, 2.05) is 0 Å². The van der Waals surface area contributed by atoms with E-state index in [-0.39, 0.29) is 0 Å². The Balaban J connectivity index is 2.31. The number of hydrogen-bond donors (Lipinski definition) is 0. The highest BCUT2D eigenvalue weighted by molar-refractivity contribution is 5.28. The van der Waals surface area contributed by atoms with Gasteiger partial charge in [-0.3, -0.25) is 0 Å². The standard InChI is InChI=1S/C18H26O/c1-3-5-7-9-11-17-12-14-18(15-13-17)19-16-10-8-6-4-2/h7-10,12-15H,3-6,11,16H2,1-2H3/b9-7+,10-8+. The lowest BCUT2D eigenvalue weighted by atomic mass is 10.1. The van der Waals surface area contributed by atoms with Gasteiger partial charge in [-0.2, -0.15) is 0 Å². The number of rotatable bonds is 9. The van der Waals surface area contributed by atoms with E-state index in [9.17, 15) is 0 Å². The van der Waals surface area contributed by atoms with Gasteiger partial charge in [0, 0.05) is 0 Å². The predicted molar refractivity (Wildman–Crippen MR) is 83.7 cm³/mol. The van der Waals surface area contributed by atoms with Gasteiger partial charge in [-0.25, -0.2) is 0 Å². The topological polar surface area (TPSA) is 9.23 Å². The minimum atomic E-state index is 0.662. The fourth-order valence-corrected chi connectivity index (χ4v) is 1.72. The molecule has 0 saturated carbocycles. The molecule has 0 heterocycles. The van der Waals surface area contributed by atoms with E-state index in [2.05, 4.69) is 62.4 Å². The van der Waals surface area contributed by atoms with E-state index in [0.29, 0.717) is 6.61 Å². The summed E-state index contributed by atoms with van der Waals surface area (Å²) >= 11 is 0. The van der Waals surface area contributed by atoms with Gasteiger partial charge in [0.2, 0.25) is 0 Å². The third kappa shape index (κ3) is 7.50. The molecule has 1 rings (SSSR count). The predicted octanol–water partition coefficient (Wildman–Crippen LogP) is 5.32. The van der Waals surface area contributed by atoms with Crippen LogP contribution in [0.15, 0.2) is 48.6 Å². The molecule has 0 fully saturated rings. The lowest BCUT2D eigenvalue weighted by molar-refractivity contribution is 0.362. The van der Waals surface area contributed by atoms with Crippen molar-refractivity contribution in [1.82, 2.24) is 0 Å². The summed E-state index contributed by atoms with van der Waals surface area (Å²) < 4.78 is 5.65. The third-order valence-corrected chi connectivity index (χ3v) is 2.87. The lowest BCUT2D eigenvalue weighted by Crippen LogP contribution is -1.93. The van der Waals surface area contributed by atoms with Crippen LogP contribution in [0.4, 0.5) is 0 Å². The van der Waals surface area contributed by atoms with Crippen molar-refractivity contribution in [3.8, 4) is 5.75 Å². The number of ether oxygens (including phenoxy) is 1. The van der Waals surface area contributed by atoms with Crippen LogP contribution in [0.25, 0.3) is 0 Å². The van der Waals surface area contributed by atoms with Crippen molar-refractivity contribution in [3.63, 3.8) is 0 Å². The Morgan fingerprint density at radius 1 is 0.842 bits per heavy atom. The highest BCUT2D eigenvalue weighted by Gasteiger charge is 1.93. The summed E-state index contributed by atoms with van der Waals surface area (Å²) in [6, 6.07) is 8.38. The van der Waals surface area contributed by atoms with Crippen molar-refractivity contribution in [1.29, 1.82) is 0 Å². The Hall–Kier alpha value is -1.50. The van der Waals surface area contributed by atoms with Crippen molar-refractivity contribution in [2.45, 2.75) is 46.0 Å². The summed E-state index contributed by atoms with van der Waals surface area (Å²) in [6.45, 7) is 5.04. The van der Waals surface area contributed by atoms with Gasteiger partial charge in [-0.1, -0.05) is 63.1 Å². The Kier molecular flexibility index (Phi) is 8.54. The number of unbranched alkanes of at least 4 members (excludes halogenated alkanes) is 2. The molecule has 1 aromatic rings. The van der Waals surface area contributed by atoms with Gasteiger partial charge in [0.15, 0.2) is 0 Å². The zero-order valence-electron chi connectivity index (χ0n) is 12.3. The van der Waals surface area contributed by atoms with Gasteiger partial charge in [0.05, 0.1) is 0 Å². The minimum Gasteiger partial charge on any atom is -0.490 e. The summed E-state index contributed by atoms with van der Waals surface area (Å²) in [5.74, 6) is 0.947. The number of allylic oxidation sites excluding steroid dienone is 3. The SMILES string of the molecule is CCC/C=C/COc1ccc(C/C=C/CCC)cc1. The second-order valence-electron chi connectivity index (χ2n) is 4.68. The van der Waals surface area contributed by atoms with Gasteiger partial charge >= 0.3 is 0 Å². The van der Waals surface area contributed by atoms with E-state index in [1.54, 1.807) is 0 Å². The van der Waals surface area contributed by atoms with Crippen molar-refractivity contribution >= 4 is 0 Å². The highest BCUT2D eigenvalue weighted by Crippen LogP contribution is 2.13. The second-order valence-corrected chi connectivity index (χ2v) is 4.68. The molecule has 0 spiro atoms. The molecule has 0 unspecified atom stereocenters. The molecule has 0 saturated heterocycles. The van der Waals surface area contributed by atoms with Crippen LogP contribution < -0.4 is 4.74 Å². The van der Waals surface area contributed by atoms with Crippen molar-refractivity contribution in [3.05, 3.63) is 54.1 Å². The van der Waals surface area contributed by atoms with Crippen LogP contribution in [0.2, 0.25) is 0 Å². The minimum absolute atomic E-state index is 0.662. The van der Waals surface area contributed by atoms with E-state index >= 15 is 0 Å². The Morgan fingerprint density at radius 3 is 2.11 bits per heavy atom. The highest BCUT2D eigenvalue weighted by atomic mass is 16.5. The Labute approximate surface area is 118 Å². The van der Waals surface area contributed by atoms with E-state index < -0.39 is 0 Å². The number of hydrogen-bond acceptors (Lipinski definition) is 1. The first-order valence-electron chi connectivity index (χ1n) is 7.38. The largest absolute Gasteiger partial charge is 0.490 e. The Morgan fingerprint density at radius 2 is 1.47 bits per heavy atom. The molecule has 1 aromatic carbocycles. The van der Waals surface area contributed by atoms with Crippen molar-refractivity contribution in [2.24, 2.45) is 0 Å². The molecular formula is C18H26O. The zero-order chi connectivity index (χ0) is 13.8. The third-order valence-electron chi connectivity index (χ3n) is 2.87. The van der Waals surface area contributed by atoms with Crippen LogP contribution in [-0.2, 0) is 6.42 Å². The maximum atomic E-state index is 5.65. The molecule has 104 valence electrons. The molecular weight excluding hydrogens is 232 g/mol. The van der Waals surface area contributed by atoms with Crippen molar-refractivity contribution < 1.29 is 4.74 Å². The average molecular weight is 258 g/mol. The number of benzene rings is 1. The van der Waals surface area contributed by atoms with Gasteiger partial charge < -0.3 is 4.74 Å². The zero-order valence-corrected chi connectivity index (χ0v) is 12.3. The van der Waals surface area contributed by atoms with Crippen LogP contribution >= 0.6 is 0 Å². The van der Waals surface area contributed by atoms with Gasteiger partial charge in [0.1, 0.15) is 12.4 Å². The first kappa shape index (κ1) is 15.6. The van der Waals surface area contributed by atoms with Gasteiger partial charge in [-0.15, -0.1) is 0 Å². The normalized spacial score (nSPS) is 11.5. The van der Waals surface area contributed by atoms with Crippen LogP contribution in [0.3, 0.4) is 0 Å². The summed E-state index contributed by atoms with van der Waals surface area (Å²) in [6.07, 6.45) is 14.5. The second kappa shape index (κ2) is 10.4. The maximum Gasteiger partial charge on any atom is 0.119 e. The molecule has 0 bridgehead atoms. The summed E-state index contributed by atoms with van der Waals surface area (Å²) in [5.41, 5.74) is 1.33. The van der Waals surface area contributed by atoms with Crippen LogP contribution in [-0.4, -0.2) is 6.61 Å². The summed E-state index contributed by atoms with van der Waals surface area (Å²) in [5, 5.41) is 0. The summed E-state index contributed by atoms with van der Waals surface area (Å²) in [7, 11) is 0. The average Bonchev–Trinajstić information content (AvgIpc) is 2.45. The molecule has 0 aromatic heterocycles. The molecule has 0 aliphatic rings. The van der Waals surface area contributed by atoms with Gasteiger partial charge in [0.25, 0.3) is 0 Å². The molecule has 0 atom stereocenters. The lowest BCUT2D eigenvalue weighted by Gasteiger charge is -2.04.